The predicted octanol–water partition coefficient (Wildman–Crippen LogP) is 4.12. The second-order valence-corrected chi connectivity index (χ2v) is 3.80. The molecule has 2 rings (SSSR count). The van der Waals surface area contributed by atoms with Gasteiger partial charge in [0.2, 0.25) is 0 Å². The van der Waals surface area contributed by atoms with Crippen LogP contribution in [0.25, 0.3) is 0 Å². The Kier molecular flexibility index (Phi) is 3.00. The summed E-state index contributed by atoms with van der Waals surface area (Å²) in [6.07, 6.45) is 0. The Morgan fingerprint density at radius 2 is 1.62 bits per heavy atom. The van der Waals surface area contributed by atoms with Gasteiger partial charge in [0.05, 0.1) is 0 Å². The number of halogens is 2. The Hall–Kier alpha value is -1.70. The first-order chi connectivity index (χ1) is 7.68. The lowest BCUT2D eigenvalue weighted by Gasteiger charge is -2.13. The standard InChI is InChI=1S/C14H12F2/c1-10(11-5-3-2-4-6-11)13-8-7-12(15)9-14(13)16/h2-10H,1H3. The molecule has 0 aliphatic carbocycles. The van der Waals surface area contributed by atoms with E-state index in [2.05, 4.69) is 0 Å². The zero-order chi connectivity index (χ0) is 11.5. The molecule has 2 aromatic rings. The molecule has 82 valence electrons. The lowest BCUT2D eigenvalue weighted by atomic mass is 9.93. The van der Waals surface area contributed by atoms with Crippen LogP contribution < -0.4 is 0 Å². The van der Waals surface area contributed by atoms with Crippen molar-refractivity contribution in [3.63, 3.8) is 0 Å². The molecular weight excluding hydrogens is 206 g/mol. The fourth-order valence-electron chi connectivity index (χ4n) is 1.77. The molecule has 2 aromatic carbocycles. The lowest BCUT2D eigenvalue weighted by Crippen LogP contribution is -1.99. The Morgan fingerprint density at radius 3 is 2.25 bits per heavy atom. The summed E-state index contributed by atoms with van der Waals surface area (Å²) in [5.41, 5.74) is 1.54. The first-order valence-electron chi connectivity index (χ1n) is 5.18. The molecule has 0 nitrogen and oxygen atoms in total. The summed E-state index contributed by atoms with van der Waals surface area (Å²) in [5, 5.41) is 0. The molecule has 0 spiro atoms. The van der Waals surface area contributed by atoms with E-state index in [4.69, 9.17) is 0 Å². The number of benzene rings is 2. The molecule has 0 amide bonds. The van der Waals surface area contributed by atoms with Gasteiger partial charge < -0.3 is 0 Å². The maximum absolute atomic E-state index is 13.5. The highest BCUT2D eigenvalue weighted by atomic mass is 19.1. The van der Waals surface area contributed by atoms with Gasteiger partial charge in [0, 0.05) is 12.0 Å². The normalized spacial score (nSPS) is 12.4. The molecule has 16 heavy (non-hydrogen) atoms. The molecule has 0 aliphatic heterocycles. The smallest absolute Gasteiger partial charge is 0.129 e. The molecule has 0 heterocycles. The fourth-order valence-corrected chi connectivity index (χ4v) is 1.77. The van der Waals surface area contributed by atoms with Crippen LogP contribution in [0.4, 0.5) is 8.78 Å². The molecule has 0 aromatic heterocycles. The predicted molar refractivity (Wildman–Crippen MR) is 60.3 cm³/mol. The topological polar surface area (TPSA) is 0 Å². The van der Waals surface area contributed by atoms with E-state index in [0.717, 1.165) is 11.6 Å². The Labute approximate surface area is 93.5 Å². The van der Waals surface area contributed by atoms with E-state index in [-0.39, 0.29) is 5.92 Å². The van der Waals surface area contributed by atoms with Crippen molar-refractivity contribution in [2.24, 2.45) is 0 Å². The van der Waals surface area contributed by atoms with Crippen LogP contribution in [0, 0.1) is 11.6 Å². The van der Waals surface area contributed by atoms with E-state index in [1.54, 1.807) is 0 Å². The maximum atomic E-state index is 13.5. The van der Waals surface area contributed by atoms with Crippen molar-refractivity contribution in [3.05, 3.63) is 71.3 Å². The van der Waals surface area contributed by atoms with Gasteiger partial charge in [-0.25, -0.2) is 8.78 Å². The second-order valence-electron chi connectivity index (χ2n) is 3.80. The van der Waals surface area contributed by atoms with Gasteiger partial charge in [-0.15, -0.1) is 0 Å². The zero-order valence-corrected chi connectivity index (χ0v) is 8.95. The molecule has 0 radical (unpaired) electrons. The van der Waals surface area contributed by atoms with Crippen molar-refractivity contribution < 1.29 is 8.78 Å². The quantitative estimate of drug-likeness (QED) is 0.711. The minimum absolute atomic E-state index is 0.0678. The number of rotatable bonds is 2. The average molecular weight is 218 g/mol. The third-order valence-corrected chi connectivity index (χ3v) is 2.73. The van der Waals surface area contributed by atoms with Gasteiger partial charge in [0.15, 0.2) is 0 Å². The van der Waals surface area contributed by atoms with E-state index in [9.17, 15) is 8.78 Å². The first-order valence-corrected chi connectivity index (χ1v) is 5.18. The zero-order valence-electron chi connectivity index (χ0n) is 8.95. The Bertz CT molecular complexity index is 477. The minimum atomic E-state index is -0.540. The van der Waals surface area contributed by atoms with E-state index in [1.807, 2.05) is 37.3 Å². The van der Waals surface area contributed by atoms with E-state index < -0.39 is 11.6 Å². The number of hydrogen-bond donors (Lipinski definition) is 0. The van der Waals surface area contributed by atoms with Crippen LogP contribution in [0.5, 0.6) is 0 Å². The van der Waals surface area contributed by atoms with E-state index in [0.29, 0.717) is 5.56 Å². The molecule has 0 saturated heterocycles. The summed E-state index contributed by atoms with van der Waals surface area (Å²) in [6, 6.07) is 13.3. The first kappa shape index (κ1) is 10.8. The molecule has 0 aliphatic rings. The van der Waals surface area contributed by atoms with Gasteiger partial charge in [-0.3, -0.25) is 0 Å². The van der Waals surface area contributed by atoms with Crippen LogP contribution in [0.15, 0.2) is 48.5 Å². The van der Waals surface area contributed by atoms with Crippen molar-refractivity contribution in [1.29, 1.82) is 0 Å². The van der Waals surface area contributed by atoms with Crippen molar-refractivity contribution in [2.45, 2.75) is 12.8 Å². The number of hydrogen-bond acceptors (Lipinski definition) is 0. The van der Waals surface area contributed by atoms with Crippen molar-refractivity contribution in [2.75, 3.05) is 0 Å². The van der Waals surface area contributed by atoms with Gasteiger partial charge in [-0.1, -0.05) is 43.3 Å². The largest absolute Gasteiger partial charge is 0.207 e. The maximum Gasteiger partial charge on any atom is 0.129 e. The lowest BCUT2D eigenvalue weighted by molar-refractivity contribution is 0.568. The van der Waals surface area contributed by atoms with Gasteiger partial charge in [-0.05, 0) is 17.2 Å². The molecule has 0 saturated carbocycles. The fraction of sp³-hybridized carbons (Fsp3) is 0.143. The van der Waals surface area contributed by atoms with Crippen LogP contribution in [0.2, 0.25) is 0 Å². The molecule has 1 atom stereocenters. The summed E-state index contributed by atoms with van der Waals surface area (Å²) < 4.78 is 26.3. The Balaban J connectivity index is 2.38. The van der Waals surface area contributed by atoms with Gasteiger partial charge in [-0.2, -0.15) is 0 Å². The van der Waals surface area contributed by atoms with E-state index >= 15 is 0 Å². The molecule has 0 N–H and O–H groups in total. The highest BCUT2D eigenvalue weighted by Crippen LogP contribution is 2.26. The van der Waals surface area contributed by atoms with Gasteiger partial charge in [0.1, 0.15) is 11.6 Å². The van der Waals surface area contributed by atoms with Crippen molar-refractivity contribution in [3.8, 4) is 0 Å². The summed E-state index contributed by atoms with van der Waals surface area (Å²) in [4.78, 5) is 0. The minimum Gasteiger partial charge on any atom is -0.207 e. The highest BCUT2D eigenvalue weighted by molar-refractivity contribution is 5.32. The summed E-state index contributed by atoms with van der Waals surface area (Å²) in [5.74, 6) is -1.10. The van der Waals surface area contributed by atoms with E-state index in [1.165, 1.54) is 12.1 Å². The summed E-state index contributed by atoms with van der Waals surface area (Å²) >= 11 is 0. The van der Waals surface area contributed by atoms with Crippen molar-refractivity contribution >= 4 is 0 Å². The van der Waals surface area contributed by atoms with Crippen molar-refractivity contribution in [1.82, 2.24) is 0 Å². The van der Waals surface area contributed by atoms with Gasteiger partial charge in [0.25, 0.3) is 0 Å². The van der Waals surface area contributed by atoms with Crippen LogP contribution >= 0.6 is 0 Å². The highest BCUT2D eigenvalue weighted by Gasteiger charge is 2.13. The summed E-state index contributed by atoms with van der Waals surface area (Å²) in [6.45, 7) is 1.91. The average Bonchev–Trinajstić information content (AvgIpc) is 2.29. The van der Waals surface area contributed by atoms with Crippen LogP contribution in [0.3, 0.4) is 0 Å². The monoisotopic (exact) mass is 218 g/mol. The van der Waals surface area contributed by atoms with Crippen LogP contribution in [-0.2, 0) is 0 Å². The van der Waals surface area contributed by atoms with Crippen LogP contribution in [-0.4, -0.2) is 0 Å². The Morgan fingerprint density at radius 1 is 0.938 bits per heavy atom. The SMILES string of the molecule is CC(c1ccccc1)c1ccc(F)cc1F. The molecular formula is C14H12F2. The third kappa shape index (κ3) is 2.11. The molecule has 1 unspecified atom stereocenters. The summed E-state index contributed by atoms with van der Waals surface area (Å²) in [7, 11) is 0. The molecule has 0 bridgehead atoms. The van der Waals surface area contributed by atoms with Gasteiger partial charge >= 0.3 is 0 Å². The second kappa shape index (κ2) is 4.44. The molecule has 0 fully saturated rings. The third-order valence-electron chi connectivity index (χ3n) is 2.73. The van der Waals surface area contributed by atoms with Crippen LogP contribution in [0.1, 0.15) is 24.0 Å². The molecule has 2 heteroatoms.